The standard InChI is InChI=1S/C23H35N5O.HI/c1-5-24-23(27-20-11-14-28(15-12-20)17(2)3)25-13-10-21-16-29-22(26-21)19-8-6-18(4)7-9-19;/h6-9,16-17,20H,5,10-15H2,1-4H3,(H2,24,25,27);1H. The Morgan fingerprint density at radius 3 is 2.57 bits per heavy atom. The number of guanidine groups is 1. The number of aryl methyl sites for hydroxylation is 1. The predicted molar refractivity (Wildman–Crippen MR) is 135 cm³/mol. The summed E-state index contributed by atoms with van der Waals surface area (Å²) in [7, 11) is 0. The zero-order valence-corrected chi connectivity index (χ0v) is 21.0. The molecular weight excluding hydrogens is 489 g/mol. The summed E-state index contributed by atoms with van der Waals surface area (Å²) in [5.74, 6) is 1.57. The minimum atomic E-state index is 0. The highest BCUT2D eigenvalue weighted by Gasteiger charge is 2.21. The highest BCUT2D eigenvalue weighted by Crippen LogP contribution is 2.19. The lowest BCUT2D eigenvalue weighted by Gasteiger charge is -2.35. The molecule has 0 bridgehead atoms. The molecule has 1 aliphatic rings. The van der Waals surface area contributed by atoms with Crippen LogP contribution in [0.1, 0.15) is 44.9 Å². The van der Waals surface area contributed by atoms with Crippen LogP contribution < -0.4 is 10.6 Å². The largest absolute Gasteiger partial charge is 0.444 e. The SMILES string of the molecule is CCNC(=NCCc1coc(-c2ccc(C)cc2)n1)NC1CCN(C(C)C)CC1.I. The summed E-state index contributed by atoms with van der Waals surface area (Å²) in [6.45, 7) is 12.6. The number of piperidine rings is 1. The Kier molecular flexibility index (Phi) is 10.1. The second-order valence-electron chi connectivity index (χ2n) is 8.07. The Morgan fingerprint density at radius 2 is 1.93 bits per heavy atom. The molecule has 0 aliphatic carbocycles. The van der Waals surface area contributed by atoms with Crippen molar-refractivity contribution >= 4 is 29.9 Å². The van der Waals surface area contributed by atoms with E-state index >= 15 is 0 Å². The lowest BCUT2D eigenvalue weighted by molar-refractivity contribution is 0.167. The molecule has 0 saturated carbocycles. The molecule has 6 nitrogen and oxygen atoms in total. The number of oxazole rings is 1. The number of halogens is 1. The second kappa shape index (κ2) is 12.3. The summed E-state index contributed by atoms with van der Waals surface area (Å²) < 4.78 is 5.65. The first-order valence-electron chi connectivity index (χ1n) is 10.9. The van der Waals surface area contributed by atoms with Gasteiger partial charge in [0.05, 0.1) is 5.69 Å². The van der Waals surface area contributed by atoms with Crippen LogP contribution in [-0.2, 0) is 6.42 Å². The topological polar surface area (TPSA) is 65.7 Å². The number of hydrogen-bond acceptors (Lipinski definition) is 4. The van der Waals surface area contributed by atoms with Crippen LogP contribution in [0.25, 0.3) is 11.5 Å². The summed E-state index contributed by atoms with van der Waals surface area (Å²) in [6.07, 6.45) is 4.82. The first kappa shape index (κ1) is 24.7. The Labute approximate surface area is 198 Å². The van der Waals surface area contributed by atoms with Gasteiger partial charge >= 0.3 is 0 Å². The summed E-state index contributed by atoms with van der Waals surface area (Å²) in [5, 5.41) is 6.98. The number of rotatable bonds is 7. The maximum absolute atomic E-state index is 5.65. The highest BCUT2D eigenvalue weighted by molar-refractivity contribution is 14.0. The van der Waals surface area contributed by atoms with Crippen molar-refractivity contribution < 1.29 is 4.42 Å². The molecule has 2 aromatic rings. The molecule has 1 saturated heterocycles. The van der Waals surface area contributed by atoms with Gasteiger partial charge in [0.25, 0.3) is 0 Å². The van der Waals surface area contributed by atoms with Gasteiger partial charge in [0.15, 0.2) is 5.96 Å². The van der Waals surface area contributed by atoms with Crippen LogP contribution in [0, 0.1) is 6.92 Å². The van der Waals surface area contributed by atoms with Crippen molar-refractivity contribution in [2.24, 2.45) is 4.99 Å². The fourth-order valence-corrected chi connectivity index (χ4v) is 3.61. The lowest BCUT2D eigenvalue weighted by atomic mass is 10.0. The van der Waals surface area contributed by atoms with Gasteiger partial charge in [0.1, 0.15) is 6.26 Å². The van der Waals surface area contributed by atoms with E-state index in [0.29, 0.717) is 24.5 Å². The minimum absolute atomic E-state index is 0. The zero-order valence-electron chi connectivity index (χ0n) is 18.6. The Bertz CT molecular complexity index is 779. The van der Waals surface area contributed by atoms with Crippen LogP contribution in [0.2, 0.25) is 0 Å². The molecule has 1 fully saturated rings. The van der Waals surface area contributed by atoms with Crippen molar-refractivity contribution in [1.29, 1.82) is 0 Å². The van der Waals surface area contributed by atoms with Gasteiger partial charge in [-0.25, -0.2) is 4.98 Å². The first-order chi connectivity index (χ1) is 14.0. The van der Waals surface area contributed by atoms with Crippen LogP contribution in [-0.4, -0.2) is 54.1 Å². The van der Waals surface area contributed by atoms with Crippen LogP contribution >= 0.6 is 24.0 Å². The second-order valence-corrected chi connectivity index (χ2v) is 8.07. The van der Waals surface area contributed by atoms with Gasteiger partial charge in [-0.2, -0.15) is 0 Å². The van der Waals surface area contributed by atoms with E-state index in [9.17, 15) is 0 Å². The maximum atomic E-state index is 5.65. The Hall–Kier alpha value is -1.61. The predicted octanol–water partition coefficient (Wildman–Crippen LogP) is 4.24. The van der Waals surface area contributed by atoms with Crippen molar-refractivity contribution in [3.8, 4) is 11.5 Å². The third-order valence-electron chi connectivity index (χ3n) is 5.43. The van der Waals surface area contributed by atoms with Gasteiger partial charge in [0.2, 0.25) is 5.89 Å². The number of likely N-dealkylation sites (tertiary alicyclic amines) is 1. The molecule has 7 heteroatoms. The van der Waals surface area contributed by atoms with Gasteiger partial charge < -0.3 is 20.0 Å². The molecule has 1 aromatic heterocycles. The van der Waals surface area contributed by atoms with Crippen LogP contribution in [0.15, 0.2) is 39.9 Å². The highest BCUT2D eigenvalue weighted by atomic mass is 127. The van der Waals surface area contributed by atoms with E-state index in [1.54, 1.807) is 6.26 Å². The molecule has 0 radical (unpaired) electrons. The average molecular weight is 525 g/mol. The molecule has 1 aliphatic heterocycles. The lowest BCUT2D eigenvalue weighted by Crippen LogP contribution is -2.49. The number of nitrogens with zero attached hydrogens (tertiary/aromatic N) is 3. The smallest absolute Gasteiger partial charge is 0.226 e. The molecule has 2 N–H and O–H groups in total. The molecule has 0 spiro atoms. The fraction of sp³-hybridized carbons (Fsp3) is 0.565. The number of nitrogens with one attached hydrogen (secondary N) is 2. The fourth-order valence-electron chi connectivity index (χ4n) is 3.61. The van der Waals surface area contributed by atoms with Crippen molar-refractivity contribution in [3.63, 3.8) is 0 Å². The molecule has 166 valence electrons. The van der Waals surface area contributed by atoms with Gasteiger partial charge in [-0.05, 0) is 52.7 Å². The normalized spacial score (nSPS) is 15.8. The average Bonchev–Trinajstić information content (AvgIpc) is 3.18. The first-order valence-corrected chi connectivity index (χ1v) is 10.9. The summed E-state index contributed by atoms with van der Waals surface area (Å²) >= 11 is 0. The summed E-state index contributed by atoms with van der Waals surface area (Å²) in [4.78, 5) is 11.9. The van der Waals surface area contributed by atoms with E-state index in [1.165, 1.54) is 5.56 Å². The van der Waals surface area contributed by atoms with E-state index in [-0.39, 0.29) is 24.0 Å². The van der Waals surface area contributed by atoms with Crippen molar-refractivity contribution in [1.82, 2.24) is 20.5 Å². The Balaban J connectivity index is 0.00000320. The molecule has 0 amide bonds. The van der Waals surface area contributed by atoms with Crippen LogP contribution in [0.3, 0.4) is 0 Å². The zero-order chi connectivity index (χ0) is 20.6. The molecular formula is C23H36IN5O. The third-order valence-corrected chi connectivity index (χ3v) is 5.43. The summed E-state index contributed by atoms with van der Waals surface area (Å²) in [5.41, 5.74) is 3.17. The van der Waals surface area contributed by atoms with Gasteiger partial charge in [0, 0.05) is 50.2 Å². The number of aromatic nitrogens is 1. The molecule has 30 heavy (non-hydrogen) atoms. The van der Waals surface area contributed by atoms with Crippen LogP contribution in [0.5, 0.6) is 0 Å². The maximum Gasteiger partial charge on any atom is 0.226 e. The molecule has 2 heterocycles. The van der Waals surface area contributed by atoms with Crippen molar-refractivity contribution in [2.75, 3.05) is 26.2 Å². The number of aliphatic imine (C=N–C) groups is 1. The molecule has 3 rings (SSSR count). The quantitative estimate of drug-likeness (QED) is 0.322. The summed E-state index contributed by atoms with van der Waals surface area (Å²) in [6, 6.07) is 9.35. The van der Waals surface area contributed by atoms with E-state index in [4.69, 9.17) is 9.41 Å². The van der Waals surface area contributed by atoms with Gasteiger partial charge in [-0.1, -0.05) is 17.7 Å². The van der Waals surface area contributed by atoms with Gasteiger partial charge in [-0.15, -0.1) is 24.0 Å². The Morgan fingerprint density at radius 1 is 1.23 bits per heavy atom. The van der Waals surface area contributed by atoms with E-state index < -0.39 is 0 Å². The van der Waals surface area contributed by atoms with Crippen molar-refractivity contribution in [3.05, 3.63) is 41.8 Å². The van der Waals surface area contributed by atoms with E-state index in [0.717, 1.165) is 56.1 Å². The number of hydrogen-bond donors (Lipinski definition) is 2. The third kappa shape index (κ3) is 7.27. The minimum Gasteiger partial charge on any atom is -0.444 e. The molecule has 0 unspecified atom stereocenters. The van der Waals surface area contributed by atoms with E-state index in [2.05, 4.69) is 60.3 Å². The van der Waals surface area contributed by atoms with Gasteiger partial charge in [-0.3, -0.25) is 4.99 Å². The molecule has 1 aromatic carbocycles. The van der Waals surface area contributed by atoms with Crippen molar-refractivity contribution in [2.45, 2.75) is 59.0 Å². The number of benzene rings is 1. The van der Waals surface area contributed by atoms with Crippen LogP contribution in [0.4, 0.5) is 0 Å². The molecule has 0 atom stereocenters. The van der Waals surface area contributed by atoms with E-state index in [1.807, 2.05) is 12.1 Å². The monoisotopic (exact) mass is 525 g/mol.